The zero-order chi connectivity index (χ0) is 27.1. The number of aliphatic hydroxyl groups is 1. The van der Waals surface area contributed by atoms with E-state index in [2.05, 4.69) is 0 Å². The lowest BCUT2D eigenvalue weighted by atomic mass is 9.65. The van der Waals surface area contributed by atoms with Crippen LogP contribution < -0.4 is 5.56 Å². The molecule has 2 aromatic rings. The summed E-state index contributed by atoms with van der Waals surface area (Å²) in [7, 11) is 0. The molecule has 2 atom stereocenters. The molecule has 7 nitrogen and oxygen atoms in total. The number of nitrogens with zero attached hydrogens (tertiary/aromatic N) is 2. The molecular weight excluding hydrogens is 487 g/mol. The number of carboxylic acid groups (broad SMARTS) is 1. The minimum absolute atomic E-state index is 0.0142. The number of aromatic nitrogens is 1. The summed E-state index contributed by atoms with van der Waals surface area (Å²) in [4.78, 5) is 40.6. The van der Waals surface area contributed by atoms with Crippen LogP contribution in [0.3, 0.4) is 0 Å². The number of carbonyl (C=O) groups is 2. The van der Waals surface area contributed by atoms with Gasteiger partial charge in [-0.2, -0.15) is 0 Å². The molecule has 1 aromatic carbocycles. The van der Waals surface area contributed by atoms with E-state index in [9.17, 15) is 29.0 Å². The molecule has 2 saturated carbocycles. The number of benzene rings is 1. The quantitative estimate of drug-likeness (QED) is 0.547. The minimum atomic E-state index is -1.28. The van der Waals surface area contributed by atoms with E-state index in [0.29, 0.717) is 25.4 Å². The molecule has 1 aliphatic heterocycles. The smallest absolute Gasteiger partial charge is 0.337 e. The van der Waals surface area contributed by atoms with Gasteiger partial charge in [-0.05, 0) is 37.7 Å². The normalized spacial score (nSPS) is 23.8. The summed E-state index contributed by atoms with van der Waals surface area (Å²) in [6, 6.07) is 6.90. The molecule has 0 bridgehead atoms. The molecule has 204 valence electrons. The van der Waals surface area contributed by atoms with Gasteiger partial charge in [0.2, 0.25) is 5.91 Å². The standard InChI is InChI=1S/C30H37FN2O5/c1-20(15-21-7-6-8-21)27(35)32-14-13-30(38,29(18-32)11-4-5-12-29)19-33-17-24(28(36)37)23(16-26(33)34)22-9-2-3-10-25(22)31/h2-3,9-10,16-17,20-21,38H,4-8,11-15,18-19H2,1H3,(H,36,37)/t20-,30?/m1/s1. The predicted octanol–water partition coefficient (Wildman–Crippen LogP) is 4.70. The summed E-state index contributed by atoms with van der Waals surface area (Å²) in [5, 5.41) is 22.0. The average molecular weight is 525 g/mol. The second kappa shape index (κ2) is 10.3. The summed E-state index contributed by atoms with van der Waals surface area (Å²) in [6.45, 7) is 2.79. The number of aromatic carboxylic acids is 1. The van der Waals surface area contributed by atoms with Crippen molar-refractivity contribution in [3.05, 3.63) is 58.3 Å². The number of hydrogen-bond donors (Lipinski definition) is 2. The van der Waals surface area contributed by atoms with Crippen molar-refractivity contribution in [3.63, 3.8) is 0 Å². The molecule has 1 unspecified atom stereocenters. The first-order valence-corrected chi connectivity index (χ1v) is 13.9. The van der Waals surface area contributed by atoms with Gasteiger partial charge in [0.1, 0.15) is 5.82 Å². The highest BCUT2D eigenvalue weighted by Gasteiger charge is 2.55. The molecule has 1 spiro atoms. The van der Waals surface area contributed by atoms with Crippen LogP contribution in [0, 0.1) is 23.1 Å². The van der Waals surface area contributed by atoms with Gasteiger partial charge in [-0.15, -0.1) is 0 Å². The second-order valence-corrected chi connectivity index (χ2v) is 11.8. The Morgan fingerprint density at radius 1 is 1.11 bits per heavy atom. The Labute approximate surface area is 222 Å². The SMILES string of the molecule is C[C@H](CC1CCC1)C(=O)N1CCC(O)(Cn2cc(C(=O)O)c(-c3ccccc3F)cc2=O)C2(CCCC2)C1. The van der Waals surface area contributed by atoms with E-state index in [1.165, 1.54) is 48.2 Å². The van der Waals surface area contributed by atoms with Crippen molar-refractivity contribution < 1.29 is 24.2 Å². The third kappa shape index (κ3) is 4.79. The third-order valence-corrected chi connectivity index (χ3v) is 9.43. The lowest BCUT2D eigenvalue weighted by Crippen LogP contribution is -2.62. The van der Waals surface area contributed by atoms with Crippen molar-refractivity contribution in [1.82, 2.24) is 9.47 Å². The van der Waals surface area contributed by atoms with E-state index in [1.54, 1.807) is 6.07 Å². The van der Waals surface area contributed by atoms with Gasteiger partial charge in [0.25, 0.3) is 5.56 Å². The molecule has 1 saturated heterocycles. The van der Waals surface area contributed by atoms with Crippen LogP contribution in [0.1, 0.15) is 75.1 Å². The minimum Gasteiger partial charge on any atom is -0.478 e. The number of likely N-dealkylation sites (tertiary alicyclic amines) is 1. The molecule has 0 radical (unpaired) electrons. The molecule has 1 aromatic heterocycles. The Morgan fingerprint density at radius 2 is 1.82 bits per heavy atom. The predicted molar refractivity (Wildman–Crippen MR) is 141 cm³/mol. The fourth-order valence-electron chi connectivity index (χ4n) is 6.98. The Balaban J connectivity index is 1.42. The summed E-state index contributed by atoms with van der Waals surface area (Å²) in [5.74, 6) is -1.15. The highest BCUT2D eigenvalue weighted by Crippen LogP contribution is 2.52. The van der Waals surface area contributed by atoms with Crippen LogP contribution in [0.2, 0.25) is 0 Å². The summed E-state index contributed by atoms with van der Waals surface area (Å²) >= 11 is 0. The van der Waals surface area contributed by atoms with Crippen LogP contribution in [-0.2, 0) is 11.3 Å². The number of rotatable bonds is 7. The molecule has 3 aliphatic rings. The van der Waals surface area contributed by atoms with Crippen LogP contribution in [0.4, 0.5) is 4.39 Å². The fourth-order valence-corrected chi connectivity index (χ4v) is 6.98. The summed E-state index contributed by atoms with van der Waals surface area (Å²) in [5.41, 5.74) is -2.46. The maximum atomic E-state index is 14.5. The van der Waals surface area contributed by atoms with E-state index in [-0.39, 0.29) is 35.1 Å². The third-order valence-electron chi connectivity index (χ3n) is 9.43. The van der Waals surface area contributed by atoms with E-state index >= 15 is 0 Å². The Hall–Kier alpha value is -3.00. The van der Waals surface area contributed by atoms with Gasteiger partial charge in [0.05, 0.1) is 17.7 Å². The number of carbonyl (C=O) groups excluding carboxylic acids is 1. The van der Waals surface area contributed by atoms with Crippen molar-refractivity contribution in [2.24, 2.45) is 17.3 Å². The molecule has 38 heavy (non-hydrogen) atoms. The number of amides is 1. The van der Waals surface area contributed by atoms with Crippen molar-refractivity contribution in [3.8, 4) is 11.1 Å². The van der Waals surface area contributed by atoms with Gasteiger partial charge in [0.15, 0.2) is 0 Å². The van der Waals surface area contributed by atoms with Crippen molar-refractivity contribution in [1.29, 1.82) is 0 Å². The van der Waals surface area contributed by atoms with Crippen LogP contribution in [-0.4, -0.2) is 50.2 Å². The first kappa shape index (κ1) is 26.6. The Morgan fingerprint density at radius 3 is 2.45 bits per heavy atom. The van der Waals surface area contributed by atoms with Crippen LogP contribution in [0.5, 0.6) is 0 Å². The first-order chi connectivity index (χ1) is 18.1. The monoisotopic (exact) mass is 524 g/mol. The number of halogens is 1. The van der Waals surface area contributed by atoms with Gasteiger partial charge < -0.3 is 19.7 Å². The van der Waals surface area contributed by atoms with Crippen LogP contribution in [0.25, 0.3) is 11.1 Å². The Bertz CT molecular complexity index is 1280. The summed E-state index contributed by atoms with van der Waals surface area (Å²) < 4.78 is 15.7. The zero-order valence-electron chi connectivity index (χ0n) is 22.0. The van der Waals surface area contributed by atoms with Crippen molar-refractivity contribution >= 4 is 11.9 Å². The van der Waals surface area contributed by atoms with Gasteiger partial charge in [0, 0.05) is 47.8 Å². The molecule has 3 fully saturated rings. The highest BCUT2D eigenvalue weighted by atomic mass is 19.1. The number of hydrogen-bond acceptors (Lipinski definition) is 4. The lowest BCUT2D eigenvalue weighted by molar-refractivity contribution is -0.163. The molecule has 2 N–H and O–H groups in total. The maximum absolute atomic E-state index is 14.5. The van der Waals surface area contributed by atoms with E-state index in [0.717, 1.165) is 38.2 Å². The molecular formula is C30H37FN2O5. The maximum Gasteiger partial charge on any atom is 0.337 e. The molecule has 1 amide bonds. The molecule has 2 aliphatic carbocycles. The number of piperidine rings is 1. The number of carboxylic acids is 1. The second-order valence-electron chi connectivity index (χ2n) is 11.8. The van der Waals surface area contributed by atoms with Crippen LogP contribution >= 0.6 is 0 Å². The molecule has 8 heteroatoms. The lowest BCUT2D eigenvalue weighted by Gasteiger charge is -2.53. The van der Waals surface area contributed by atoms with Crippen molar-refractivity contribution in [2.45, 2.75) is 76.9 Å². The summed E-state index contributed by atoms with van der Waals surface area (Å²) in [6.07, 6.45) is 9.46. The molecule has 2 heterocycles. The first-order valence-electron chi connectivity index (χ1n) is 13.9. The highest BCUT2D eigenvalue weighted by molar-refractivity contribution is 5.95. The van der Waals surface area contributed by atoms with E-state index in [4.69, 9.17) is 0 Å². The van der Waals surface area contributed by atoms with Gasteiger partial charge >= 0.3 is 5.97 Å². The largest absolute Gasteiger partial charge is 0.478 e. The topological polar surface area (TPSA) is 99.8 Å². The van der Waals surface area contributed by atoms with Gasteiger partial charge in [-0.3, -0.25) is 9.59 Å². The van der Waals surface area contributed by atoms with Crippen LogP contribution in [0.15, 0.2) is 41.3 Å². The average Bonchev–Trinajstić information content (AvgIpc) is 3.34. The van der Waals surface area contributed by atoms with Gasteiger partial charge in [-0.25, -0.2) is 9.18 Å². The fraction of sp³-hybridized carbons (Fsp3) is 0.567. The van der Waals surface area contributed by atoms with E-state index in [1.807, 2.05) is 11.8 Å². The number of pyridine rings is 1. The molecule has 5 rings (SSSR count). The van der Waals surface area contributed by atoms with Gasteiger partial charge in [-0.1, -0.05) is 57.2 Å². The van der Waals surface area contributed by atoms with E-state index < -0.39 is 28.4 Å². The zero-order valence-corrected chi connectivity index (χ0v) is 22.0. The Kier molecular flexibility index (Phi) is 7.20. The van der Waals surface area contributed by atoms with Crippen molar-refractivity contribution in [2.75, 3.05) is 13.1 Å².